The summed E-state index contributed by atoms with van der Waals surface area (Å²) in [6, 6.07) is 1.65. The molecule has 0 saturated carbocycles. The van der Waals surface area contributed by atoms with E-state index in [0.717, 1.165) is 19.6 Å². The summed E-state index contributed by atoms with van der Waals surface area (Å²) >= 11 is 0. The summed E-state index contributed by atoms with van der Waals surface area (Å²) in [5.41, 5.74) is 0. The minimum Gasteiger partial charge on any atom is -0.481 e. The molecule has 0 aromatic carbocycles. The lowest BCUT2D eigenvalue weighted by molar-refractivity contribution is 0.108. The van der Waals surface area contributed by atoms with Crippen LogP contribution in [0.3, 0.4) is 0 Å². The van der Waals surface area contributed by atoms with E-state index in [1.54, 1.807) is 20.3 Å². The van der Waals surface area contributed by atoms with Gasteiger partial charge in [0, 0.05) is 19.1 Å². The summed E-state index contributed by atoms with van der Waals surface area (Å²) in [5, 5.41) is 3.20. The maximum atomic E-state index is 5.51. The molecule has 1 saturated heterocycles. The molecule has 18 heavy (non-hydrogen) atoms. The zero-order valence-corrected chi connectivity index (χ0v) is 11.0. The molecule has 0 spiro atoms. The summed E-state index contributed by atoms with van der Waals surface area (Å²) in [6.07, 6.45) is 1.35. The highest BCUT2D eigenvalue weighted by molar-refractivity contribution is 5.33. The average Bonchev–Trinajstić information content (AvgIpc) is 2.81. The topological polar surface area (TPSA) is 65.5 Å². The van der Waals surface area contributed by atoms with E-state index in [1.807, 2.05) is 0 Å². The third kappa shape index (κ3) is 3.01. The molecule has 1 fully saturated rings. The number of hydrogen-bond acceptors (Lipinski definition) is 6. The van der Waals surface area contributed by atoms with Gasteiger partial charge >= 0.3 is 0 Å². The van der Waals surface area contributed by atoms with E-state index in [4.69, 9.17) is 14.2 Å². The summed E-state index contributed by atoms with van der Waals surface area (Å²) in [7, 11) is 3.14. The van der Waals surface area contributed by atoms with Crippen molar-refractivity contribution in [1.82, 2.24) is 9.97 Å². The number of ether oxygens (including phenoxy) is 3. The zero-order chi connectivity index (χ0) is 13.0. The van der Waals surface area contributed by atoms with Gasteiger partial charge in [-0.25, -0.2) is 0 Å². The van der Waals surface area contributed by atoms with Crippen LogP contribution < -0.4 is 14.8 Å². The highest BCUT2D eigenvalue weighted by Gasteiger charge is 2.24. The largest absolute Gasteiger partial charge is 0.481 e. The number of aromatic nitrogens is 2. The first-order valence-corrected chi connectivity index (χ1v) is 6.05. The van der Waals surface area contributed by atoms with Gasteiger partial charge in [-0.2, -0.15) is 9.97 Å². The predicted octanol–water partition coefficient (Wildman–Crippen LogP) is 1.33. The second-order valence-corrected chi connectivity index (χ2v) is 4.28. The average molecular weight is 253 g/mol. The molecule has 1 aliphatic heterocycles. The van der Waals surface area contributed by atoms with Crippen LogP contribution in [-0.4, -0.2) is 43.4 Å². The van der Waals surface area contributed by atoms with Gasteiger partial charge in [0.25, 0.3) is 0 Å². The van der Waals surface area contributed by atoms with Gasteiger partial charge in [0.2, 0.25) is 17.7 Å². The zero-order valence-electron chi connectivity index (χ0n) is 11.0. The van der Waals surface area contributed by atoms with Crippen LogP contribution in [0.5, 0.6) is 11.8 Å². The van der Waals surface area contributed by atoms with E-state index in [0.29, 0.717) is 23.6 Å². The fourth-order valence-corrected chi connectivity index (χ4v) is 1.96. The van der Waals surface area contributed by atoms with Crippen molar-refractivity contribution in [3.05, 3.63) is 6.07 Å². The van der Waals surface area contributed by atoms with Crippen LogP contribution in [0.4, 0.5) is 5.95 Å². The molecule has 1 aromatic rings. The van der Waals surface area contributed by atoms with Crippen molar-refractivity contribution < 1.29 is 14.2 Å². The number of anilines is 1. The van der Waals surface area contributed by atoms with Gasteiger partial charge in [-0.3, -0.25) is 0 Å². The van der Waals surface area contributed by atoms with E-state index in [-0.39, 0.29) is 6.10 Å². The van der Waals surface area contributed by atoms with Crippen molar-refractivity contribution in [3.63, 3.8) is 0 Å². The molecule has 6 heteroatoms. The third-order valence-electron chi connectivity index (χ3n) is 3.15. The lowest BCUT2D eigenvalue weighted by atomic mass is 10.0. The molecule has 0 amide bonds. The molecule has 1 N–H and O–H groups in total. The Morgan fingerprint density at radius 3 is 2.50 bits per heavy atom. The number of rotatable bonds is 5. The highest BCUT2D eigenvalue weighted by Crippen LogP contribution is 2.22. The first-order valence-electron chi connectivity index (χ1n) is 6.05. The summed E-state index contributed by atoms with van der Waals surface area (Å²) in [6.45, 7) is 3.71. The minimum absolute atomic E-state index is 0.282. The summed E-state index contributed by atoms with van der Waals surface area (Å²) in [5.74, 6) is 1.98. The number of hydrogen-bond donors (Lipinski definition) is 1. The Kier molecular flexibility index (Phi) is 4.19. The van der Waals surface area contributed by atoms with Gasteiger partial charge in [0.1, 0.15) is 0 Å². The van der Waals surface area contributed by atoms with Crippen LogP contribution in [0.15, 0.2) is 6.07 Å². The number of methoxy groups -OCH3 is 2. The predicted molar refractivity (Wildman–Crippen MR) is 67.1 cm³/mol. The van der Waals surface area contributed by atoms with Crippen molar-refractivity contribution in [3.8, 4) is 11.8 Å². The van der Waals surface area contributed by atoms with Crippen molar-refractivity contribution in [1.29, 1.82) is 0 Å². The van der Waals surface area contributed by atoms with Gasteiger partial charge in [-0.05, 0) is 13.3 Å². The molecule has 0 radical (unpaired) electrons. The van der Waals surface area contributed by atoms with Crippen LogP contribution in [0.1, 0.15) is 13.3 Å². The molecule has 0 aliphatic carbocycles. The lowest BCUT2D eigenvalue weighted by Gasteiger charge is -2.15. The van der Waals surface area contributed by atoms with Gasteiger partial charge in [0.15, 0.2) is 0 Å². The molecule has 6 nitrogen and oxygen atoms in total. The quantitative estimate of drug-likeness (QED) is 0.854. The lowest BCUT2D eigenvalue weighted by Crippen LogP contribution is -2.21. The van der Waals surface area contributed by atoms with Crippen LogP contribution in [0.2, 0.25) is 0 Å². The van der Waals surface area contributed by atoms with E-state index in [2.05, 4.69) is 22.2 Å². The van der Waals surface area contributed by atoms with Crippen LogP contribution in [-0.2, 0) is 4.74 Å². The first-order chi connectivity index (χ1) is 8.72. The number of nitrogens with zero attached hydrogens (tertiary/aromatic N) is 2. The maximum absolute atomic E-state index is 5.51. The Labute approximate surface area is 107 Å². The summed E-state index contributed by atoms with van der Waals surface area (Å²) in [4.78, 5) is 8.44. The van der Waals surface area contributed by atoms with Crippen molar-refractivity contribution in [2.75, 3.05) is 32.7 Å². The Bertz CT molecular complexity index is 378. The minimum atomic E-state index is 0.282. The molecule has 0 bridgehead atoms. The maximum Gasteiger partial charge on any atom is 0.229 e. The molecule has 2 rings (SSSR count). The van der Waals surface area contributed by atoms with Gasteiger partial charge in [0.05, 0.1) is 26.4 Å². The van der Waals surface area contributed by atoms with E-state index in [9.17, 15) is 0 Å². The fraction of sp³-hybridized carbons (Fsp3) is 0.667. The van der Waals surface area contributed by atoms with E-state index in [1.165, 1.54) is 0 Å². The smallest absolute Gasteiger partial charge is 0.229 e. The van der Waals surface area contributed by atoms with E-state index < -0.39 is 0 Å². The Balaban J connectivity index is 1.99. The molecule has 2 unspecified atom stereocenters. The van der Waals surface area contributed by atoms with Crippen molar-refractivity contribution >= 4 is 5.95 Å². The molecule has 1 aromatic heterocycles. The Morgan fingerprint density at radius 1 is 1.33 bits per heavy atom. The van der Waals surface area contributed by atoms with Gasteiger partial charge < -0.3 is 19.5 Å². The fourth-order valence-electron chi connectivity index (χ4n) is 1.96. The van der Waals surface area contributed by atoms with Crippen LogP contribution in [0, 0.1) is 5.92 Å². The van der Waals surface area contributed by atoms with Crippen LogP contribution >= 0.6 is 0 Å². The second-order valence-electron chi connectivity index (χ2n) is 4.28. The molecule has 2 atom stereocenters. The SMILES string of the molecule is COc1cc(OC)nc(NCC2CCOC2C)n1. The normalized spacial score (nSPS) is 22.8. The Hall–Kier alpha value is -1.56. The van der Waals surface area contributed by atoms with Crippen molar-refractivity contribution in [2.45, 2.75) is 19.4 Å². The van der Waals surface area contributed by atoms with E-state index >= 15 is 0 Å². The number of nitrogens with one attached hydrogen (secondary N) is 1. The van der Waals surface area contributed by atoms with Gasteiger partial charge in [-0.1, -0.05) is 0 Å². The molecule has 2 heterocycles. The van der Waals surface area contributed by atoms with Crippen LogP contribution in [0.25, 0.3) is 0 Å². The Morgan fingerprint density at radius 2 is 2.00 bits per heavy atom. The standard InChI is InChI=1S/C12H19N3O3/c1-8-9(4-5-18-8)7-13-12-14-10(16-2)6-11(15-12)17-3/h6,8-9H,4-5,7H2,1-3H3,(H,13,14,15). The molecule has 100 valence electrons. The molecular weight excluding hydrogens is 234 g/mol. The molecular formula is C12H19N3O3. The third-order valence-corrected chi connectivity index (χ3v) is 3.15. The summed E-state index contributed by atoms with van der Waals surface area (Å²) < 4.78 is 15.7. The monoisotopic (exact) mass is 253 g/mol. The second kappa shape index (κ2) is 5.86. The van der Waals surface area contributed by atoms with Gasteiger partial charge in [-0.15, -0.1) is 0 Å². The first kappa shape index (κ1) is 12.9. The van der Waals surface area contributed by atoms with Crippen molar-refractivity contribution in [2.24, 2.45) is 5.92 Å². The highest BCUT2D eigenvalue weighted by atomic mass is 16.5. The molecule has 1 aliphatic rings.